The molecule has 4 nitrogen and oxygen atoms in total. The minimum absolute atomic E-state index is 0.0877. The topological polar surface area (TPSA) is 38.8 Å². The molecule has 0 aliphatic carbocycles. The Balaban J connectivity index is 1.85. The Morgan fingerprint density at radius 1 is 1.28 bits per heavy atom. The summed E-state index contributed by atoms with van der Waals surface area (Å²) in [6, 6.07) is 8.91. The Morgan fingerprint density at radius 3 is 2.66 bits per heavy atom. The molecule has 0 aromatic heterocycles. The average molecular weight is 533 g/mol. The van der Waals surface area contributed by atoms with Gasteiger partial charge in [0.2, 0.25) is 0 Å². The number of carbonyl (C=O) groups excluding carboxylic acids is 1. The highest BCUT2D eigenvalue weighted by molar-refractivity contribution is 9.10. The summed E-state index contributed by atoms with van der Waals surface area (Å²) >= 11 is 22.2. The van der Waals surface area contributed by atoms with Crippen molar-refractivity contribution in [1.82, 2.24) is 4.90 Å². The van der Waals surface area contributed by atoms with Gasteiger partial charge in [0.15, 0.2) is 11.5 Å². The molecule has 1 aliphatic rings. The maximum absolute atomic E-state index is 12.4. The van der Waals surface area contributed by atoms with Crippen LogP contribution in [0.4, 0.5) is 0 Å². The number of methoxy groups -OCH3 is 1. The maximum Gasteiger partial charge on any atom is 0.266 e. The van der Waals surface area contributed by atoms with Crippen LogP contribution >= 0.6 is 63.1 Å². The fourth-order valence-corrected chi connectivity index (χ4v) is 5.10. The second-order valence-electron chi connectivity index (χ2n) is 5.98. The minimum Gasteiger partial charge on any atom is -0.493 e. The van der Waals surface area contributed by atoms with Gasteiger partial charge < -0.3 is 9.47 Å². The number of hydrogen-bond acceptors (Lipinski definition) is 5. The van der Waals surface area contributed by atoms with E-state index in [1.54, 1.807) is 30.2 Å². The van der Waals surface area contributed by atoms with Crippen LogP contribution in [0.25, 0.3) is 6.08 Å². The van der Waals surface area contributed by atoms with E-state index in [0.29, 0.717) is 41.8 Å². The number of nitrogens with zero attached hydrogens (tertiary/aromatic N) is 1. The molecule has 152 valence electrons. The van der Waals surface area contributed by atoms with Crippen LogP contribution in [0, 0.1) is 0 Å². The molecule has 0 bridgehead atoms. The van der Waals surface area contributed by atoms with Gasteiger partial charge in [0.05, 0.1) is 16.5 Å². The van der Waals surface area contributed by atoms with Gasteiger partial charge in [-0.05, 0) is 58.8 Å². The van der Waals surface area contributed by atoms with Crippen LogP contribution in [-0.4, -0.2) is 28.8 Å². The predicted molar refractivity (Wildman–Crippen MR) is 127 cm³/mol. The second kappa shape index (κ2) is 9.71. The summed E-state index contributed by atoms with van der Waals surface area (Å²) in [4.78, 5) is 14.6. The lowest BCUT2D eigenvalue weighted by molar-refractivity contribution is -0.121. The first-order valence-corrected chi connectivity index (χ1v) is 11.3. The van der Waals surface area contributed by atoms with Crippen LogP contribution in [0.15, 0.2) is 39.7 Å². The monoisotopic (exact) mass is 531 g/mol. The van der Waals surface area contributed by atoms with E-state index in [4.69, 9.17) is 44.9 Å². The quantitative estimate of drug-likeness (QED) is 0.311. The van der Waals surface area contributed by atoms with Crippen molar-refractivity contribution in [1.29, 1.82) is 0 Å². The van der Waals surface area contributed by atoms with Gasteiger partial charge in [-0.3, -0.25) is 9.69 Å². The SMILES string of the molecule is CCN1C(=O)/C(=C/c2cc(Br)c(OCc3ccc(Cl)cc3Cl)c(OC)c2)SC1=S. The van der Waals surface area contributed by atoms with Crippen LogP contribution in [0.5, 0.6) is 11.5 Å². The summed E-state index contributed by atoms with van der Waals surface area (Å²) in [7, 11) is 1.56. The summed E-state index contributed by atoms with van der Waals surface area (Å²) in [5, 5.41) is 1.09. The van der Waals surface area contributed by atoms with Crippen molar-refractivity contribution in [2.45, 2.75) is 13.5 Å². The number of thiocarbonyl (C=S) groups is 1. The van der Waals surface area contributed by atoms with Crippen LogP contribution in [-0.2, 0) is 11.4 Å². The summed E-state index contributed by atoms with van der Waals surface area (Å²) < 4.78 is 12.7. The Hall–Kier alpha value is -1.25. The molecule has 3 rings (SSSR count). The van der Waals surface area contributed by atoms with Crippen LogP contribution in [0.2, 0.25) is 10.0 Å². The van der Waals surface area contributed by atoms with Crippen LogP contribution < -0.4 is 9.47 Å². The molecule has 1 saturated heterocycles. The molecule has 0 saturated carbocycles. The van der Waals surface area contributed by atoms with Crippen molar-refractivity contribution in [2.24, 2.45) is 0 Å². The highest BCUT2D eigenvalue weighted by Crippen LogP contribution is 2.39. The standard InChI is InChI=1S/C20H16BrCl2NO3S2/c1-3-24-19(25)17(29-20(24)28)8-11-6-14(21)18(16(7-11)26-2)27-10-12-4-5-13(22)9-15(12)23/h4-9H,3,10H2,1-2H3/b17-8-. The van der Waals surface area contributed by atoms with Gasteiger partial charge in [0, 0.05) is 22.2 Å². The molecule has 0 atom stereocenters. The van der Waals surface area contributed by atoms with E-state index in [1.807, 2.05) is 25.1 Å². The van der Waals surface area contributed by atoms with Gasteiger partial charge in [-0.15, -0.1) is 0 Å². The number of halogens is 3. The average Bonchev–Trinajstić information content (AvgIpc) is 2.94. The first-order valence-electron chi connectivity index (χ1n) is 8.53. The zero-order valence-electron chi connectivity index (χ0n) is 15.5. The normalized spacial score (nSPS) is 15.3. The Morgan fingerprint density at radius 2 is 2.03 bits per heavy atom. The third-order valence-electron chi connectivity index (χ3n) is 4.13. The molecule has 1 fully saturated rings. The summed E-state index contributed by atoms with van der Waals surface area (Å²) in [5.74, 6) is 0.980. The van der Waals surface area contributed by atoms with Crippen LogP contribution in [0.3, 0.4) is 0 Å². The van der Waals surface area contributed by atoms with E-state index in [2.05, 4.69) is 15.9 Å². The lowest BCUT2D eigenvalue weighted by atomic mass is 10.1. The van der Waals surface area contributed by atoms with E-state index >= 15 is 0 Å². The third-order valence-corrected chi connectivity index (χ3v) is 6.68. The second-order valence-corrected chi connectivity index (χ2v) is 9.36. The molecule has 9 heteroatoms. The molecule has 2 aromatic carbocycles. The van der Waals surface area contributed by atoms with Crippen molar-refractivity contribution in [2.75, 3.05) is 13.7 Å². The molecule has 1 aliphatic heterocycles. The molecule has 0 unspecified atom stereocenters. The molecular formula is C20H16BrCl2NO3S2. The molecule has 0 N–H and O–H groups in total. The van der Waals surface area contributed by atoms with Gasteiger partial charge in [0.1, 0.15) is 10.9 Å². The minimum atomic E-state index is -0.0877. The Labute approximate surface area is 197 Å². The first kappa shape index (κ1) is 22.4. The maximum atomic E-state index is 12.4. The smallest absolute Gasteiger partial charge is 0.266 e. The molecule has 2 aromatic rings. The summed E-state index contributed by atoms with van der Waals surface area (Å²) in [6.45, 7) is 2.70. The third kappa shape index (κ3) is 5.09. The molecular weight excluding hydrogens is 517 g/mol. The van der Waals surface area contributed by atoms with E-state index < -0.39 is 0 Å². The van der Waals surface area contributed by atoms with E-state index in [0.717, 1.165) is 11.1 Å². The number of benzene rings is 2. The number of amides is 1. The Bertz CT molecular complexity index is 1010. The number of thioether (sulfide) groups is 1. The van der Waals surface area contributed by atoms with Gasteiger partial charge in [-0.25, -0.2) is 0 Å². The largest absolute Gasteiger partial charge is 0.493 e. The van der Waals surface area contributed by atoms with Crippen molar-refractivity contribution < 1.29 is 14.3 Å². The fraction of sp³-hybridized carbons (Fsp3) is 0.200. The van der Waals surface area contributed by atoms with Crippen LogP contribution in [0.1, 0.15) is 18.1 Å². The van der Waals surface area contributed by atoms with Crippen molar-refractivity contribution in [3.63, 3.8) is 0 Å². The highest BCUT2D eigenvalue weighted by Gasteiger charge is 2.30. The van der Waals surface area contributed by atoms with Gasteiger partial charge >= 0.3 is 0 Å². The molecule has 1 amide bonds. The summed E-state index contributed by atoms with van der Waals surface area (Å²) in [6.07, 6.45) is 1.79. The first-order chi connectivity index (χ1) is 13.8. The number of hydrogen-bond donors (Lipinski definition) is 0. The highest BCUT2D eigenvalue weighted by atomic mass is 79.9. The molecule has 0 radical (unpaired) electrons. The fourth-order valence-electron chi connectivity index (χ4n) is 2.68. The molecule has 1 heterocycles. The van der Waals surface area contributed by atoms with E-state index in [1.165, 1.54) is 11.8 Å². The van der Waals surface area contributed by atoms with E-state index in [-0.39, 0.29) is 12.5 Å². The number of ether oxygens (including phenoxy) is 2. The van der Waals surface area contributed by atoms with Gasteiger partial charge in [-0.2, -0.15) is 0 Å². The predicted octanol–water partition coefficient (Wildman–Crippen LogP) is 6.56. The van der Waals surface area contributed by atoms with Crippen molar-refractivity contribution >= 4 is 79.4 Å². The number of rotatable bonds is 6. The van der Waals surface area contributed by atoms with Crippen molar-refractivity contribution in [3.05, 3.63) is 60.9 Å². The number of likely N-dealkylation sites (N-methyl/N-ethyl adjacent to an activating group) is 1. The van der Waals surface area contributed by atoms with E-state index in [9.17, 15) is 4.79 Å². The summed E-state index contributed by atoms with van der Waals surface area (Å²) in [5.41, 5.74) is 1.60. The molecule has 0 spiro atoms. The molecule has 29 heavy (non-hydrogen) atoms. The lowest BCUT2D eigenvalue weighted by Gasteiger charge is -2.14. The zero-order chi connectivity index (χ0) is 21.1. The lowest BCUT2D eigenvalue weighted by Crippen LogP contribution is -2.27. The van der Waals surface area contributed by atoms with Crippen molar-refractivity contribution in [3.8, 4) is 11.5 Å². The Kier molecular flexibility index (Phi) is 7.51. The van der Waals surface area contributed by atoms with Gasteiger partial charge in [0.25, 0.3) is 5.91 Å². The zero-order valence-corrected chi connectivity index (χ0v) is 20.2. The van der Waals surface area contributed by atoms with Gasteiger partial charge in [-0.1, -0.05) is 53.2 Å². The number of carbonyl (C=O) groups is 1.